The molecule has 34 heavy (non-hydrogen) atoms. The number of aromatic nitrogens is 1. The average Bonchev–Trinajstić information content (AvgIpc) is 3.49. The van der Waals surface area contributed by atoms with Crippen LogP contribution in [0.5, 0.6) is 0 Å². The van der Waals surface area contributed by atoms with Crippen LogP contribution in [0.4, 0.5) is 10.6 Å². The van der Waals surface area contributed by atoms with Crippen molar-refractivity contribution in [2.24, 2.45) is 0 Å². The van der Waals surface area contributed by atoms with Gasteiger partial charge in [-0.3, -0.25) is 14.6 Å². The Balaban J connectivity index is 1.37. The summed E-state index contributed by atoms with van der Waals surface area (Å²) in [5.41, 5.74) is -0.0526. The van der Waals surface area contributed by atoms with Crippen LogP contribution in [0.3, 0.4) is 0 Å². The van der Waals surface area contributed by atoms with Crippen molar-refractivity contribution in [1.82, 2.24) is 19.7 Å². The molecule has 3 aliphatic heterocycles. The first-order valence-electron chi connectivity index (χ1n) is 12.0. The van der Waals surface area contributed by atoms with Crippen molar-refractivity contribution in [2.75, 3.05) is 43.1 Å². The van der Waals surface area contributed by atoms with Crippen molar-refractivity contribution in [2.45, 2.75) is 63.8 Å². The number of nitrogens with zero attached hydrogens (tertiary/aromatic N) is 5. The maximum Gasteiger partial charge on any atom is 0.411 e. The first-order valence-corrected chi connectivity index (χ1v) is 13.1. The minimum Gasteiger partial charge on any atom is -0.444 e. The summed E-state index contributed by atoms with van der Waals surface area (Å²) in [6.45, 7) is 8.60. The van der Waals surface area contributed by atoms with Crippen LogP contribution in [0, 0.1) is 11.3 Å². The lowest BCUT2D eigenvalue weighted by molar-refractivity contribution is -0.134. The summed E-state index contributed by atoms with van der Waals surface area (Å²) in [5, 5.41) is 12.4. The fraction of sp³-hybridized carbons (Fsp3) is 0.667. The number of nitrogens with one attached hydrogen (secondary N) is 1. The monoisotopic (exact) mass is 486 g/mol. The second-order valence-electron chi connectivity index (χ2n) is 10.2. The van der Waals surface area contributed by atoms with Crippen molar-refractivity contribution in [3.05, 3.63) is 23.9 Å². The van der Waals surface area contributed by atoms with Crippen LogP contribution >= 0.6 is 11.8 Å². The van der Waals surface area contributed by atoms with E-state index in [1.807, 2.05) is 31.7 Å². The minimum absolute atomic E-state index is 0.0433. The molecule has 2 atom stereocenters. The Morgan fingerprint density at radius 3 is 2.59 bits per heavy atom. The molecule has 9 nitrogen and oxygen atoms in total. The lowest BCUT2D eigenvalue weighted by atomic mass is 10.0. The Morgan fingerprint density at radius 2 is 2.00 bits per heavy atom. The first-order chi connectivity index (χ1) is 16.2. The molecule has 0 aromatic carbocycles. The predicted molar refractivity (Wildman–Crippen MR) is 131 cm³/mol. The van der Waals surface area contributed by atoms with Crippen molar-refractivity contribution >= 4 is 29.6 Å². The van der Waals surface area contributed by atoms with Gasteiger partial charge in [0.15, 0.2) is 0 Å². The number of hydrogen-bond donors (Lipinski definition) is 1. The number of carbonyl (C=O) groups excluding carboxylic acids is 2. The number of hydrogen-bond acceptors (Lipinski definition) is 8. The molecular weight excluding hydrogens is 452 g/mol. The maximum absolute atomic E-state index is 13.3. The molecule has 1 N–H and O–H groups in total. The van der Waals surface area contributed by atoms with E-state index >= 15 is 0 Å². The maximum atomic E-state index is 13.3. The highest BCUT2D eigenvalue weighted by Gasteiger charge is 2.45. The Bertz CT molecular complexity index is 914. The molecule has 2 amide bonds. The number of piperidine rings is 1. The van der Waals surface area contributed by atoms with E-state index in [1.54, 1.807) is 28.9 Å². The lowest BCUT2D eigenvalue weighted by Crippen LogP contribution is -2.48. The zero-order valence-corrected chi connectivity index (χ0v) is 21.0. The smallest absolute Gasteiger partial charge is 0.411 e. The van der Waals surface area contributed by atoms with E-state index in [0.29, 0.717) is 30.4 Å². The van der Waals surface area contributed by atoms with Crippen molar-refractivity contribution in [1.29, 1.82) is 5.26 Å². The van der Waals surface area contributed by atoms with E-state index in [4.69, 9.17) is 10.00 Å². The van der Waals surface area contributed by atoms with Crippen molar-refractivity contribution in [3.63, 3.8) is 0 Å². The standard InChI is InChI=1S/C24H34N6O3S/c1-24(2,3)33-23(32)30-15-19(12-20(30)22(31)29-10-11-34-16-29)28-8-6-18(7-9-28)27-21-5-4-17(13-25)14-26-21/h4-5,14,18-20H,6-12,15-16H2,1-3H3,(H,26,27)/t19-,20-/m0/s1. The summed E-state index contributed by atoms with van der Waals surface area (Å²) in [4.78, 5) is 36.5. The fourth-order valence-electron chi connectivity index (χ4n) is 4.80. The topological polar surface area (TPSA) is 102 Å². The molecule has 0 unspecified atom stereocenters. The zero-order chi connectivity index (χ0) is 24.3. The molecular formula is C24H34N6O3S. The summed E-state index contributed by atoms with van der Waals surface area (Å²) < 4.78 is 5.66. The highest BCUT2D eigenvalue weighted by Crippen LogP contribution is 2.29. The highest BCUT2D eigenvalue weighted by atomic mass is 32.2. The van der Waals surface area contributed by atoms with Crippen LogP contribution in [0.2, 0.25) is 0 Å². The molecule has 1 aromatic rings. The minimum atomic E-state index is -0.601. The van der Waals surface area contributed by atoms with Gasteiger partial charge in [-0.25, -0.2) is 9.78 Å². The molecule has 10 heteroatoms. The third-order valence-electron chi connectivity index (χ3n) is 6.55. The molecule has 0 spiro atoms. The molecule has 3 saturated heterocycles. The normalized spacial score (nSPS) is 24.2. The van der Waals surface area contributed by atoms with E-state index in [0.717, 1.165) is 44.0 Å². The summed E-state index contributed by atoms with van der Waals surface area (Å²) in [6.07, 6.45) is 3.73. The Kier molecular flexibility index (Phi) is 7.53. The molecule has 0 aliphatic carbocycles. The van der Waals surface area contributed by atoms with Crippen molar-refractivity contribution in [3.8, 4) is 6.07 Å². The summed E-state index contributed by atoms with van der Waals surface area (Å²) >= 11 is 1.75. The van der Waals surface area contributed by atoms with Gasteiger partial charge in [0.2, 0.25) is 5.91 Å². The quantitative estimate of drug-likeness (QED) is 0.693. The van der Waals surface area contributed by atoms with Gasteiger partial charge in [0.1, 0.15) is 23.5 Å². The van der Waals surface area contributed by atoms with Gasteiger partial charge in [-0.1, -0.05) is 0 Å². The Labute approximate surface area is 205 Å². The van der Waals surface area contributed by atoms with E-state index < -0.39 is 17.7 Å². The summed E-state index contributed by atoms with van der Waals surface area (Å²) in [5.74, 6) is 2.47. The first kappa shape index (κ1) is 24.6. The summed E-state index contributed by atoms with van der Waals surface area (Å²) in [7, 11) is 0. The molecule has 3 aliphatic rings. The number of likely N-dealkylation sites (tertiary alicyclic amines) is 2. The molecule has 3 fully saturated rings. The van der Waals surface area contributed by atoms with Gasteiger partial charge in [-0.15, -0.1) is 11.8 Å². The average molecular weight is 487 g/mol. The number of anilines is 1. The van der Waals surface area contributed by atoms with Crippen LogP contribution in [-0.2, 0) is 9.53 Å². The van der Waals surface area contributed by atoms with Gasteiger partial charge in [-0.05, 0) is 52.2 Å². The van der Waals surface area contributed by atoms with Gasteiger partial charge in [0, 0.05) is 50.2 Å². The zero-order valence-electron chi connectivity index (χ0n) is 20.2. The Morgan fingerprint density at radius 1 is 1.24 bits per heavy atom. The van der Waals surface area contributed by atoms with Gasteiger partial charge < -0.3 is 15.0 Å². The van der Waals surface area contributed by atoms with Crippen LogP contribution in [0.1, 0.15) is 45.6 Å². The van der Waals surface area contributed by atoms with Crippen molar-refractivity contribution < 1.29 is 14.3 Å². The third kappa shape index (κ3) is 5.94. The fourth-order valence-corrected chi connectivity index (χ4v) is 5.75. The Hall–Kier alpha value is -2.51. The van der Waals surface area contributed by atoms with E-state index in [2.05, 4.69) is 21.3 Å². The van der Waals surface area contributed by atoms with Crippen LogP contribution in [-0.4, -0.2) is 93.2 Å². The van der Waals surface area contributed by atoms with E-state index in [-0.39, 0.29) is 11.9 Å². The molecule has 184 valence electrons. The van der Waals surface area contributed by atoms with Crippen LogP contribution < -0.4 is 5.32 Å². The second kappa shape index (κ2) is 10.4. The molecule has 4 rings (SSSR count). The van der Waals surface area contributed by atoms with Crippen LogP contribution in [0.25, 0.3) is 0 Å². The molecule has 4 heterocycles. The van der Waals surface area contributed by atoms with Crippen LogP contribution in [0.15, 0.2) is 18.3 Å². The summed E-state index contributed by atoms with van der Waals surface area (Å²) in [6, 6.07) is 5.68. The second-order valence-corrected chi connectivity index (χ2v) is 11.3. The molecule has 0 radical (unpaired) electrons. The predicted octanol–water partition coefficient (Wildman–Crippen LogP) is 2.74. The number of ether oxygens (including phenoxy) is 1. The lowest BCUT2D eigenvalue weighted by Gasteiger charge is -2.36. The number of thioether (sulfide) groups is 1. The molecule has 0 saturated carbocycles. The number of rotatable bonds is 4. The number of amides is 2. The number of nitriles is 1. The van der Waals surface area contributed by atoms with Gasteiger partial charge >= 0.3 is 6.09 Å². The molecule has 1 aromatic heterocycles. The largest absolute Gasteiger partial charge is 0.444 e. The number of carbonyl (C=O) groups is 2. The van der Waals surface area contributed by atoms with Gasteiger partial charge in [-0.2, -0.15) is 5.26 Å². The SMILES string of the molecule is CC(C)(C)OC(=O)N1C[C@@H](N2CCC(Nc3ccc(C#N)cn3)CC2)C[C@H]1C(=O)N1CCSC1. The third-order valence-corrected chi connectivity index (χ3v) is 7.51. The van der Waals surface area contributed by atoms with E-state index in [9.17, 15) is 9.59 Å². The molecule has 0 bridgehead atoms. The number of pyridine rings is 1. The van der Waals surface area contributed by atoms with Gasteiger partial charge in [0.05, 0.1) is 11.4 Å². The highest BCUT2D eigenvalue weighted by molar-refractivity contribution is 7.99. The van der Waals surface area contributed by atoms with E-state index in [1.165, 1.54) is 0 Å². The van der Waals surface area contributed by atoms with Gasteiger partial charge in [0.25, 0.3) is 0 Å².